The summed E-state index contributed by atoms with van der Waals surface area (Å²) in [5, 5.41) is 11.9. The lowest BCUT2D eigenvalue weighted by atomic mass is 10.0. The van der Waals surface area contributed by atoms with Crippen molar-refractivity contribution in [1.82, 2.24) is 15.1 Å². The van der Waals surface area contributed by atoms with Gasteiger partial charge in [0.2, 0.25) is 0 Å². The molecule has 2 amide bonds. The molecule has 7 heteroatoms. The topological polar surface area (TPSA) is 82.1 Å². The Morgan fingerprint density at radius 1 is 1.13 bits per heavy atom. The third kappa shape index (κ3) is 6.25. The second-order valence-corrected chi connectivity index (χ2v) is 6.38. The van der Waals surface area contributed by atoms with E-state index in [2.05, 4.69) is 10.2 Å². The zero-order valence-corrected chi connectivity index (χ0v) is 13.8. The van der Waals surface area contributed by atoms with E-state index in [1.54, 1.807) is 0 Å². The molecule has 2 saturated heterocycles. The van der Waals surface area contributed by atoms with Gasteiger partial charge in [-0.25, -0.2) is 9.59 Å². The van der Waals surface area contributed by atoms with Gasteiger partial charge in [-0.2, -0.15) is 0 Å². The first kappa shape index (κ1) is 17.8. The average molecular weight is 327 g/mol. The van der Waals surface area contributed by atoms with E-state index in [-0.39, 0.29) is 12.6 Å². The number of nitrogens with one attached hydrogen (secondary N) is 1. The van der Waals surface area contributed by atoms with Crippen LogP contribution < -0.4 is 5.32 Å². The molecule has 2 aliphatic rings. The largest absolute Gasteiger partial charge is 0.465 e. The lowest BCUT2D eigenvalue weighted by molar-refractivity contribution is 0.0878. The number of hydrogen-bond donors (Lipinski definition) is 2. The number of piperidine rings is 1. The molecule has 1 unspecified atom stereocenters. The fourth-order valence-corrected chi connectivity index (χ4v) is 3.39. The second kappa shape index (κ2) is 9.60. The summed E-state index contributed by atoms with van der Waals surface area (Å²) >= 11 is 0. The minimum atomic E-state index is -0.874. The molecule has 132 valence electrons. The number of carboxylic acid groups (broad SMARTS) is 1. The van der Waals surface area contributed by atoms with Crippen LogP contribution in [0.1, 0.15) is 44.9 Å². The van der Waals surface area contributed by atoms with Gasteiger partial charge in [0.1, 0.15) is 0 Å². The Hall–Kier alpha value is -1.50. The van der Waals surface area contributed by atoms with Gasteiger partial charge < -0.3 is 25.0 Å². The molecule has 0 aromatic carbocycles. The highest BCUT2D eigenvalue weighted by molar-refractivity contribution is 5.67. The third-order valence-electron chi connectivity index (χ3n) is 4.68. The Bertz CT molecular complexity index is 386. The Labute approximate surface area is 138 Å². The van der Waals surface area contributed by atoms with Crippen LogP contribution in [-0.4, -0.2) is 72.5 Å². The lowest BCUT2D eigenvalue weighted by Crippen LogP contribution is -2.43. The molecule has 0 aliphatic carbocycles. The van der Waals surface area contributed by atoms with Gasteiger partial charge in [0.15, 0.2) is 0 Å². The van der Waals surface area contributed by atoms with E-state index in [1.165, 1.54) is 30.8 Å². The maximum absolute atomic E-state index is 11.6. The number of ether oxygens (including phenoxy) is 1. The van der Waals surface area contributed by atoms with Gasteiger partial charge in [0.25, 0.3) is 0 Å². The van der Waals surface area contributed by atoms with Crippen LogP contribution in [0.4, 0.5) is 9.59 Å². The van der Waals surface area contributed by atoms with Gasteiger partial charge in [0, 0.05) is 25.6 Å². The molecule has 7 nitrogen and oxygen atoms in total. The zero-order chi connectivity index (χ0) is 16.5. The third-order valence-corrected chi connectivity index (χ3v) is 4.68. The number of carbonyl (C=O) groups excluding carboxylic acids is 1. The van der Waals surface area contributed by atoms with Crippen LogP contribution in [0.2, 0.25) is 0 Å². The number of nitrogens with zero attached hydrogens (tertiary/aromatic N) is 2. The summed E-state index contributed by atoms with van der Waals surface area (Å²) in [6.45, 7) is 4.85. The van der Waals surface area contributed by atoms with E-state index in [1.807, 2.05) is 0 Å². The molecule has 2 aliphatic heterocycles. The number of hydrogen-bond acceptors (Lipinski definition) is 4. The van der Waals surface area contributed by atoms with E-state index < -0.39 is 12.2 Å². The van der Waals surface area contributed by atoms with E-state index in [9.17, 15) is 9.59 Å². The van der Waals surface area contributed by atoms with Crippen molar-refractivity contribution in [2.24, 2.45) is 0 Å². The fourth-order valence-electron chi connectivity index (χ4n) is 3.39. The quantitative estimate of drug-likeness (QED) is 0.700. The normalized spacial score (nSPS) is 22.1. The molecule has 0 aromatic rings. The first-order chi connectivity index (χ1) is 11.2. The van der Waals surface area contributed by atoms with Gasteiger partial charge in [-0.1, -0.05) is 0 Å². The number of rotatable bonds is 7. The highest BCUT2D eigenvalue weighted by atomic mass is 16.5. The first-order valence-corrected chi connectivity index (χ1v) is 8.79. The van der Waals surface area contributed by atoms with Crippen LogP contribution in [0.5, 0.6) is 0 Å². The van der Waals surface area contributed by atoms with Crippen molar-refractivity contribution in [3.8, 4) is 0 Å². The van der Waals surface area contributed by atoms with Crippen molar-refractivity contribution in [3.05, 3.63) is 0 Å². The van der Waals surface area contributed by atoms with Crippen molar-refractivity contribution in [3.63, 3.8) is 0 Å². The maximum Gasteiger partial charge on any atom is 0.407 e. The number of likely N-dealkylation sites (tertiary alicyclic amines) is 2. The van der Waals surface area contributed by atoms with Crippen molar-refractivity contribution < 1.29 is 19.4 Å². The highest BCUT2D eigenvalue weighted by Gasteiger charge is 2.26. The van der Waals surface area contributed by atoms with E-state index in [0.29, 0.717) is 19.5 Å². The molecular formula is C16H29N3O4. The van der Waals surface area contributed by atoms with Gasteiger partial charge in [0.05, 0.1) is 6.61 Å². The van der Waals surface area contributed by atoms with Crippen LogP contribution in [0.15, 0.2) is 0 Å². The van der Waals surface area contributed by atoms with Crippen LogP contribution in [-0.2, 0) is 4.74 Å². The van der Waals surface area contributed by atoms with Crippen LogP contribution in [0.3, 0.4) is 0 Å². The van der Waals surface area contributed by atoms with Crippen molar-refractivity contribution in [1.29, 1.82) is 0 Å². The smallest absolute Gasteiger partial charge is 0.407 e. The standard InChI is InChI=1S/C16H29N3O4/c20-15(17-8-5-11-18-9-3-4-10-18)23-13-7-14-6-1-2-12-19(14)16(21)22/h14H,1-13H2,(H,17,20)(H,21,22). The molecule has 2 fully saturated rings. The molecule has 0 radical (unpaired) electrons. The average Bonchev–Trinajstić information content (AvgIpc) is 3.05. The molecule has 2 heterocycles. The maximum atomic E-state index is 11.6. The fraction of sp³-hybridized carbons (Fsp3) is 0.875. The summed E-state index contributed by atoms with van der Waals surface area (Å²) in [6.07, 6.45) is 5.61. The molecular weight excluding hydrogens is 298 g/mol. The predicted molar refractivity (Wildman–Crippen MR) is 86.6 cm³/mol. The number of amides is 2. The predicted octanol–water partition coefficient (Wildman–Crippen LogP) is 2.12. The zero-order valence-electron chi connectivity index (χ0n) is 13.8. The summed E-state index contributed by atoms with van der Waals surface area (Å²) in [7, 11) is 0. The minimum absolute atomic E-state index is 0.0239. The number of carbonyl (C=O) groups is 2. The first-order valence-electron chi connectivity index (χ1n) is 8.79. The van der Waals surface area contributed by atoms with Crippen molar-refractivity contribution >= 4 is 12.2 Å². The Morgan fingerprint density at radius 3 is 2.61 bits per heavy atom. The van der Waals surface area contributed by atoms with Crippen LogP contribution in [0.25, 0.3) is 0 Å². The van der Waals surface area contributed by atoms with Crippen LogP contribution in [0, 0.1) is 0 Å². The molecule has 0 spiro atoms. The molecule has 23 heavy (non-hydrogen) atoms. The molecule has 0 saturated carbocycles. The Kier molecular flexibility index (Phi) is 7.45. The van der Waals surface area contributed by atoms with Crippen LogP contribution >= 0.6 is 0 Å². The molecule has 2 N–H and O–H groups in total. The SMILES string of the molecule is O=C(NCCCN1CCCC1)OCCC1CCCCN1C(=O)O. The Morgan fingerprint density at radius 2 is 1.87 bits per heavy atom. The molecule has 0 bridgehead atoms. The van der Waals surface area contributed by atoms with Crippen molar-refractivity contribution in [2.45, 2.75) is 51.0 Å². The van der Waals surface area contributed by atoms with Crippen molar-refractivity contribution in [2.75, 3.05) is 39.3 Å². The van der Waals surface area contributed by atoms with Gasteiger partial charge in [-0.15, -0.1) is 0 Å². The molecule has 0 aromatic heterocycles. The molecule has 2 rings (SSSR count). The highest BCUT2D eigenvalue weighted by Crippen LogP contribution is 2.19. The summed E-state index contributed by atoms with van der Waals surface area (Å²) < 4.78 is 5.16. The minimum Gasteiger partial charge on any atom is -0.465 e. The molecule has 1 atom stereocenters. The van der Waals surface area contributed by atoms with E-state index in [4.69, 9.17) is 9.84 Å². The van der Waals surface area contributed by atoms with Gasteiger partial charge in [-0.3, -0.25) is 0 Å². The second-order valence-electron chi connectivity index (χ2n) is 6.38. The monoisotopic (exact) mass is 327 g/mol. The van der Waals surface area contributed by atoms with E-state index >= 15 is 0 Å². The Balaban J connectivity index is 1.52. The van der Waals surface area contributed by atoms with Gasteiger partial charge in [-0.05, 0) is 58.2 Å². The summed E-state index contributed by atoms with van der Waals surface area (Å²) in [5.41, 5.74) is 0. The lowest BCUT2D eigenvalue weighted by Gasteiger charge is -2.33. The van der Waals surface area contributed by atoms with E-state index in [0.717, 1.165) is 32.2 Å². The summed E-state index contributed by atoms with van der Waals surface area (Å²) in [5.74, 6) is 0. The summed E-state index contributed by atoms with van der Waals surface area (Å²) in [6, 6.07) is -0.0239. The summed E-state index contributed by atoms with van der Waals surface area (Å²) in [4.78, 5) is 26.7. The number of alkyl carbamates (subject to hydrolysis) is 1. The van der Waals surface area contributed by atoms with Gasteiger partial charge >= 0.3 is 12.2 Å².